The average Bonchev–Trinajstić information content (AvgIpc) is 3.30. The molecule has 0 aliphatic carbocycles. The van der Waals surface area contributed by atoms with Gasteiger partial charge in [0.05, 0.1) is 31.1 Å². The Morgan fingerprint density at radius 2 is 0.882 bits per heavy atom. The second-order valence-corrected chi connectivity index (χ2v) is 19.4. The van der Waals surface area contributed by atoms with Gasteiger partial charge in [0, 0.05) is 63.1 Å². The maximum Gasteiger partial charge on any atom is 0.294 e. The van der Waals surface area contributed by atoms with Gasteiger partial charge in [0.15, 0.2) is 0 Å². The number of rotatable bonds is 16. The number of methoxy groups -OCH3 is 3. The Hall–Kier alpha value is -7.04. The predicted octanol–water partition coefficient (Wildman–Crippen LogP) is 12.6. The Morgan fingerprint density at radius 1 is 0.456 bits per heavy atom. The summed E-state index contributed by atoms with van der Waals surface area (Å²) in [5.74, 6) is 2.98. The van der Waals surface area contributed by atoms with Crippen LogP contribution in [0, 0.1) is 48.5 Å². The third kappa shape index (κ3) is 10.4. The lowest BCUT2D eigenvalue weighted by Crippen LogP contribution is -2.14. The molecular weight excluding hydrogens is 905 g/mol. The Bertz CT molecular complexity index is 3260. The molecule has 68 heavy (non-hydrogen) atoms. The van der Waals surface area contributed by atoms with Gasteiger partial charge in [-0.3, -0.25) is 9.11 Å². The summed E-state index contributed by atoms with van der Waals surface area (Å²) in [4.78, 5) is -1.46. The Kier molecular flexibility index (Phi) is 14.1. The number of anilines is 4. The van der Waals surface area contributed by atoms with E-state index in [1.54, 1.807) is 43.5 Å². The molecule has 7 rings (SSSR count). The van der Waals surface area contributed by atoms with Crippen molar-refractivity contribution >= 4 is 43.0 Å². The molecule has 0 fully saturated rings. The molecule has 0 spiro atoms. The zero-order chi connectivity index (χ0) is 49.2. The van der Waals surface area contributed by atoms with E-state index in [0.717, 1.165) is 62.5 Å². The van der Waals surface area contributed by atoms with Crippen LogP contribution in [0.15, 0.2) is 125 Å². The van der Waals surface area contributed by atoms with Gasteiger partial charge < -0.3 is 34.3 Å². The van der Waals surface area contributed by atoms with E-state index in [2.05, 4.69) is 10.6 Å². The molecule has 0 heterocycles. The molecule has 13 nitrogen and oxygen atoms in total. The van der Waals surface area contributed by atoms with Crippen molar-refractivity contribution in [2.45, 2.75) is 64.2 Å². The van der Waals surface area contributed by atoms with Crippen molar-refractivity contribution in [2.24, 2.45) is 0 Å². The van der Waals surface area contributed by atoms with Gasteiger partial charge in [0.1, 0.15) is 40.2 Å². The van der Waals surface area contributed by atoms with Gasteiger partial charge >= 0.3 is 0 Å². The molecule has 0 saturated heterocycles. The van der Waals surface area contributed by atoms with Crippen molar-refractivity contribution in [3.63, 3.8) is 0 Å². The van der Waals surface area contributed by atoms with E-state index in [9.17, 15) is 25.9 Å². The molecule has 0 aliphatic heterocycles. The number of benzene rings is 7. The van der Waals surface area contributed by atoms with Gasteiger partial charge in [-0.1, -0.05) is 48.0 Å². The highest BCUT2D eigenvalue weighted by Gasteiger charge is 2.31. The zero-order valence-corrected chi connectivity index (χ0v) is 41.1. The number of hydrogen-bond donors (Lipinski definition) is 4. The summed E-state index contributed by atoms with van der Waals surface area (Å²) in [6.07, 6.45) is 0. The van der Waals surface area contributed by atoms with Crippen LogP contribution in [0.4, 0.5) is 22.7 Å². The number of nitrogens with one attached hydrogen (secondary N) is 2. The van der Waals surface area contributed by atoms with Crippen LogP contribution in [0.5, 0.6) is 40.2 Å². The molecule has 0 aliphatic rings. The minimum atomic E-state index is -5.11. The molecule has 0 saturated carbocycles. The third-order valence-corrected chi connectivity index (χ3v) is 13.6. The highest BCUT2D eigenvalue weighted by molar-refractivity contribution is 7.86. The lowest BCUT2D eigenvalue weighted by Gasteiger charge is -2.26. The van der Waals surface area contributed by atoms with Gasteiger partial charge in [0.25, 0.3) is 20.2 Å². The third-order valence-electron chi connectivity index (χ3n) is 11.8. The van der Waals surface area contributed by atoms with E-state index in [-0.39, 0.29) is 5.56 Å². The number of aryl methyl sites for hydroxylation is 5. The molecule has 4 N–H and O–H groups in total. The quantitative estimate of drug-likeness (QED) is 0.0531. The summed E-state index contributed by atoms with van der Waals surface area (Å²) in [5.41, 5.74) is 10.3. The van der Waals surface area contributed by atoms with Crippen LogP contribution < -0.4 is 34.3 Å². The van der Waals surface area contributed by atoms with Crippen molar-refractivity contribution in [1.29, 1.82) is 0 Å². The Balaban J connectivity index is 1.33. The van der Waals surface area contributed by atoms with Crippen LogP contribution in [0.3, 0.4) is 0 Å². The Morgan fingerprint density at radius 3 is 1.29 bits per heavy atom. The van der Waals surface area contributed by atoms with Crippen LogP contribution in [-0.4, -0.2) is 47.3 Å². The fraction of sp³-hybridized carbons (Fsp3) is 0.208. The Labute approximate surface area is 398 Å². The van der Waals surface area contributed by atoms with Crippen LogP contribution in [-0.2, 0) is 20.2 Å². The van der Waals surface area contributed by atoms with Crippen molar-refractivity contribution in [2.75, 3.05) is 32.0 Å². The molecule has 0 aromatic heterocycles. The second-order valence-electron chi connectivity index (χ2n) is 16.6. The first kappa shape index (κ1) is 48.9. The van der Waals surface area contributed by atoms with Gasteiger partial charge in [-0.25, -0.2) is 0 Å². The minimum absolute atomic E-state index is 0.0217. The summed E-state index contributed by atoms with van der Waals surface area (Å²) in [6.45, 7) is 13.9. The smallest absolute Gasteiger partial charge is 0.294 e. The predicted molar refractivity (Wildman–Crippen MR) is 265 cm³/mol. The SMILES string of the molecule is COc1ccc(Oc2c(C)cc(C)c(Nc3ccc(C(c4ccc(Nc5c(C)cc(C)c(Oc6ccc(C)cc6)c5C)cc4OC)c4ccc(S(=O)(=O)O)cc4S(=O)(=O)O)c(OC)c3)c2C)cc1. The molecule has 354 valence electrons. The van der Waals surface area contributed by atoms with Crippen molar-refractivity contribution in [3.8, 4) is 40.2 Å². The van der Waals surface area contributed by atoms with Gasteiger partial charge in [0.2, 0.25) is 0 Å². The molecule has 1 atom stereocenters. The zero-order valence-electron chi connectivity index (χ0n) is 39.4. The summed E-state index contributed by atoms with van der Waals surface area (Å²) in [5, 5.41) is 7.06. The monoisotopic (exact) mass is 958 g/mol. The number of hydrogen-bond acceptors (Lipinski definition) is 11. The molecule has 7 aromatic rings. The first-order chi connectivity index (χ1) is 32.2. The molecule has 1 unspecified atom stereocenters. The summed E-state index contributed by atoms with van der Waals surface area (Å²) < 4.78 is 102. The number of ether oxygens (including phenoxy) is 5. The highest BCUT2D eigenvalue weighted by Crippen LogP contribution is 2.47. The van der Waals surface area contributed by atoms with E-state index in [4.69, 9.17) is 23.7 Å². The lowest BCUT2D eigenvalue weighted by atomic mass is 9.83. The topological polar surface area (TPSA) is 179 Å². The summed E-state index contributed by atoms with van der Waals surface area (Å²) >= 11 is 0. The summed E-state index contributed by atoms with van der Waals surface area (Å²) in [7, 11) is -5.45. The van der Waals surface area contributed by atoms with E-state index >= 15 is 0 Å². The molecule has 0 bridgehead atoms. The van der Waals surface area contributed by atoms with E-state index in [1.165, 1.54) is 20.3 Å². The average molecular weight is 959 g/mol. The lowest BCUT2D eigenvalue weighted by molar-refractivity contribution is 0.402. The minimum Gasteiger partial charge on any atom is -0.497 e. The first-order valence-electron chi connectivity index (χ1n) is 21.5. The normalized spacial score (nSPS) is 12.0. The van der Waals surface area contributed by atoms with Crippen molar-refractivity contribution in [3.05, 3.63) is 171 Å². The molecule has 7 aromatic carbocycles. The van der Waals surface area contributed by atoms with E-state index in [0.29, 0.717) is 62.7 Å². The van der Waals surface area contributed by atoms with E-state index in [1.807, 2.05) is 109 Å². The standard InChI is InChI=1S/C53H54N2O11S2/c1-30-11-15-40(16-12-30)65-52-33(4)25-31(2)50(35(52)6)54-37-13-22-43(46(27-37)63-9)49(45-24-21-42(67(56,57)58)29-48(45)68(59,60)61)44-23-14-38(28-47(44)64-10)55-51-32(3)26-34(5)53(36(51)7)66-41-19-17-39(62-8)18-20-41/h11-29,49,54-55H,1-10H3,(H,56,57,58)(H,59,60,61). The maximum absolute atomic E-state index is 13.2. The van der Waals surface area contributed by atoms with Gasteiger partial charge in [-0.2, -0.15) is 16.8 Å². The molecule has 15 heteroatoms. The van der Waals surface area contributed by atoms with Crippen LogP contribution >= 0.6 is 0 Å². The van der Waals surface area contributed by atoms with Crippen LogP contribution in [0.2, 0.25) is 0 Å². The van der Waals surface area contributed by atoms with Gasteiger partial charge in [-0.05, 0) is 137 Å². The van der Waals surface area contributed by atoms with Crippen molar-refractivity contribution in [1.82, 2.24) is 0 Å². The van der Waals surface area contributed by atoms with Crippen molar-refractivity contribution < 1.29 is 49.6 Å². The van der Waals surface area contributed by atoms with Crippen LogP contribution in [0.1, 0.15) is 61.6 Å². The largest absolute Gasteiger partial charge is 0.497 e. The fourth-order valence-corrected chi connectivity index (χ4v) is 9.84. The molecule has 0 radical (unpaired) electrons. The maximum atomic E-state index is 13.2. The van der Waals surface area contributed by atoms with E-state index < -0.39 is 35.9 Å². The fourth-order valence-electron chi connectivity index (χ4n) is 8.50. The second kappa shape index (κ2) is 19.7. The molecule has 0 amide bonds. The summed E-state index contributed by atoms with van der Waals surface area (Å²) in [6, 6.07) is 32.9. The highest BCUT2D eigenvalue weighted by atomic mass is 32.2. The van der Waals surface area contributed by atoms with Gasteiger partial charge in [-0.15, -0.1) is 0 Å². The van der Waals surface area contributed by atoms with Crippen LogP contribution in [0.25, 0.3) is 0 Å². The first-order valence-corrected chi connectivity index (χ1v) is 24.4. The molecular formula is C53H54N2O11S2.